The average molecular weight is 224 g/mol. The Morgan fingerprint density at radius 1 is 1.44 bits per heavy atom. The van der Waals surface area contributed by atoms with Crippen molar-refractivity contribution in [2.45, 2.75) is 20.3 Å². The molecule has 16 heavy (non-hydrogen) atoms. The summed E-state index contributed by atoms with van der Waals surface area (Å²) >= 11 is 0. The van der Waals surface area contributed by atoms with Crippen molar-refractivity contribution in [3.63, 3.8) is 0 Å². The molecule has 0 bridgehead atoms. The lowest BCUT2D eigenvalue weighted by Gasteiger charge is -2.04. The van der Waals surface area contributed by atoms with Gasteiger partial charge in [-0.1, -0.05) is 0 Å². The third kappa shape index (κ3) is 3.12. The van der Waals surface area contributed by atoms with Gasteiger partial charge in [0.05, 0.1) is 11.8 Å². The third-order valence-corrected chi connectivity index (χ3v) is 2.25. The summed E-state index contributed by atoms with van der Waals surface area (Å²) in [4.78, 5) is 21.7. The Kier molecular flexibility index (Phi) is 4.57. The summed E-state index contributed by atoms with van der Waals surface area (Å²) < 4.78 is 5.14. The van der Waals surface area contributed by atoms with E-state index in [4.69, 9.17) is 4.42 Å². The maximum absolute atomic E-state index is 11.7. The van der Waals surface area contributed by atoms with E-state index in [0.717, 1.165) is 5.56 Å². The molecule has 1 rings (SSSR count). The van der Waals surface area contributed by atoms with E-state index < -0.39 is 0 Å². The van der Waals surface area contributed by atoms with Gasteiger partial charge in [0.1, 0.15) is 5.76 Å². The van der Waals surface area contributed by atoms with Gasteiger partial charge in [0.25, 0.3) is 5.91 Å². The highest BCUT2D eigenvalue weighted by atomic mass is 16.3. The minimum atomic E-state index is -0.130. The zero-order chi connectivity index (χ0) is 12.0. The van der Waals surface area contributed by atoms with Crippen LogP contribution in [0.2, 0.25) is 0 Å². The highest BCUT2D eigenvalue weighted by Crippen LogP contribution is 2.14. The molecule has 5 heteroatoms. The van der Waals surface area contributed by atoms with E-state index in [1.807, 2.05) is 6.92 Å². The van der Waals surface area contributed by atoms with Crippen LogP contribution in [0.3, 0.4) is 0 Å². The van der Waals surface area contributed by atoms with Gasteiger partial charge in [-0.05, 0) is 20.3 Å². The monoisotopic (exact) mass is 224 g/mol. The van der Waals surface area contributed by atoms with Gasteiger partial charge in [0, 0.05) is 18.7 Å². The molecule has 0 saturated carbocycles. The van der Waals surface area contributed by atoms with Crippen molar-refractivity contribution in [3.8, 4) is 0 Å². The number of aryl methyl sites for hydroxylation is 2. The third-order valence-electron chi connectivity index (χ3n) is 2.25. The van der Waals surface area contributed by atoms with Crippen molar-refractivity contribution >= 4 is 12.3 Å². The molecule has 0 aliphatic rings. The van der Waals surface area contributed by atoms with E-state index in [0.29, 0.717) is 37.2 Å². The lowest BCUT2D eigenvalue weighted by Crippen LogP contribution is -2.27. The number of hydrogen-bond acceptors (Lipinski definition) is 3. The van der Waals surface area contributed by atoms with Crippen molar-refractivity contribution < 1.29 is 14.0 Å². The Balaban J connectivity index is 2.38. The quantitative estimate of drug-likeness (QED) is 0.553. The van der Waals surface area contributed by atoms with Crippen LogP contribution in [0.1, 0.15) is 28.1 Å². The zero-order valence-corrected chi connectivity index (χ0v) is 9.50. The minimum absolute atomic E-state index is 0.130. The minimum Gasteiger partial charge on any atom is -0.469 e. The molecule has 0 aliphatic carbocycles. The second kappa shape index (κ2) is 5.95. The van der Waals surface area contributed by atoms with Crippen LogP contribution in [-0.4, -0.2) is 25.4 Å². The molecule has 1 heterocycles. The number of hydrogen-bond donors (Lipinski definition) is 2. The highest BCUT2D eigenvalue weighted by molar-refractivity contribution is 5.96. The van der Waals surface area contributed by atoms with Gasteiger partial charge in [-0.3, -0.25) is 9.59 Å². The van der Waals surface area contributed by atoms with Crippen LogP contribution < -0.4 is 10.6 Å². The molecule has 0 radical (unpaired) electrons. The molecular weight excluding hydrogens is 208 g/mol. The molecule has 0 unspecified atom stereocenters. The van der Waals surface area contributed by atoms with Crippen LogP contribution >= 0.6 is 0 Å². The second-order valence-electron chi connectivity index (χ2n) is 3.53. The van der Waals surface area contributed by atoms with Crippen molar-refractivity contribution in [1.29, 1.82) is 0 Å². The smallest absolute Gasteiger partial charge is 0.255 e. The van der Waals surface area contributed by atoms with Crippen LogP contribution in [0.5, 0.6) is 0 Å². The molecule has 0 aliphatic heterocycles. The lowest BCUT2D eigenvalue weighted by atomic mass is 10.1. The fourth-order valence-corrected chi connectivity index (χ4v) is 1.45. The van der Waals surface area contributed by atoms with Crippen LogP contribution in [-0.2, 0) is 4.79 Å². The van der Waals surface area contributed by atoms with E-state index in [-0.39, 0.29) is 5.91 Å². The summed E-state index contributed by atoms with van der Waals surface area (Å²) in [6, 6.07) is 0. The van der Waals surface area contributed by atoms with Crippen molar-refractivity contribution in [2.75, 3.05) is 13.1 Å². The van der Waals surface area contributed by atoms with Crippen LogP contribution in [0, 0.1) is 13.8 Å². The maximum atomic E-state index is 11.7. The van der Waals surface area contributed by atoms with Crippen molar-refractivity contribution in [2.24, 2.45) is 0 Å². The first-order valence-corrected chi connectivity index (χ1v) is 5.16. The Labute approximate surface area is 94.2 Å². The summed E-state index contributed by atoms with van der Waals surface area (Å²) in [7, 11) is 0. The summed E-state index contributed by atoms with van der Waals surface area (Å²) in [5, 5.41) is 5.30. The molecule has 0 fully saturated rings. The standard InChI is InChI=1S/C11H16N2O3/c1-8-6-16-9(2)10(8)11(15)13-5-3-4-12-7-14/h6-7H,3-5H2,1-2H3,(H,12,14)(H,13,15). The average Bonchev–Trinajstić information content (AvgIpc) is 2.58. The van der Waals surface area contributed by atoms with Crippen LogP contribution in [0.15, 0.2) is 10.7 Å². The van der Waals surface area contributed by atoms with Crippen molar-refractivity contribution in [3.05, 3.63) is 23.2 Å². The molecule has 1 aromatic heterocycles. The molecule has 0 spiro atoms. The predicted octanol–water partition coefficient (Wildman–Crippen LogP) is 0.762. The van der Waals surface area contributed by atoms with E-state index in [9.17, 15) is 9.59 Å². The van der Waals surface area contributed by atoms with Gasteiger partial charge in [-0.2, -0.15) is 0 Å². The maximum Gasteiger partial charge on any atom is 0.255 e. The number of carbonyl (C=O) groups is 2. The fourth-order valence-electron chi connectivity index (χ4n) is 1.45. The molecule has 2 amide bonds. The van der Waals surface area contributed by atoms with E-state index in [1.54, 1.807) is 13.2 Å². The molecule has 0 aromatic carbocycles. The SMILES string of the molecule is Cc1coc(C)c1C(=O)NCCCNC=O. The number of carbonyl (C=O) groups excluding carboxylic acids is 2. The molecule has 2 N–H and O–H groups in total. The topological polar surface area (TPSA) is 71.3 Å². The Bertz CT molecular complexity index is 352. The van der Waals surface area contributed by atoms with Gasteiger partial charge in [0.15, 0.2) is 0 Å². The first-order chi connectivity index (χ1) is 7.66. The van der Waals surface area contributed by atoms with Gasteiger partial charge < -0.3 is 15.1 Å². The van der Waals surface area contributed by atoms with E-state index in [1.165, 1.54) is 0 Å². The van der Waals surface area contributed by atoms with Crippen LogP contribution in [0.4, 0.5) is 0 Å². The highest BCUT2D eigenvalue weighted by Gasteiger charge is 2.14. The number of nitrogens with one attached hydrogen (secondary N) is 2. The van der Waals surface area contributed by atoms with Gasteiger partial charge >= 0.3 is 0 Å². The van der Waals surface area contributed by atoms with Crippen molar-refractivity contribution in [1.82, 2.24) is 10.6 Å². The number of rotatable bonds is 6. The Morgan fingerprint density at radius 2 is 2.19 bits per heavy atom. The summed E-state index contributed by atoms with van der Waals surface area (Å²) in [6.07, 6.45) is 2.92. The van der Waals surface area contributed by atoms with E-state index >= 15 is 0 Å². The Morgan fingerprint density at radius 3 is 2.75 bits per heavy atom. The van der Waals surface area contributed by atoms with Gasteiger partial charge in [-0.15, -0.1) is 0 Å². The normalized spacial score (nSPS) is 9.88. The second-order valence-corrected chi connectivity index (χ2v) is 3.53. The fraction of sp³-hybridized carbons (Fsp3) is 0.455. The molecule has 0 saturated heterocycles. The first kappa shape index (κ1) is 12.3. The largest absolute Gasteiger partial charge is 0.469 e. The summed E-state index contributed by atoms with van der Waals surface area (Å²) in [5.41, 5.74) is 1.43. The molecule has 5 nitrogen and oxygen atoms in total. The van der Waals surface area contributed by atoms with Gasteiger partial charge in [0.2, 0.25) is 6.41 Å². The lowest BCUT2D eigenvalue weighted by molar-refractivity contribution is -0.109. The number of furan rings is 1. The van der Waals surface area contributed by atoms with Gasteiger partial charge in [-0.25, -0.2) is 0 Å². The molecule has 88 valence electrons. The molecule has 1 aromatic rings. The predicted molar refractivity (Wildman–Crippen MR) is 59.2 cm³/mol. The Hall–Kier alpha value is -1.78. The molecular formula is C11H16N2O3. The summed E-state index contributed by atoms with van der Waals surface area (Å²) in [6.45, 7) is 4.69. The zero-order valence-electron chi connectivity index (χ0n) is 9.50. The summed E-state index contributed by atoms with van der Waals surface area (Å²) in [5.74, 6) is 0.496. The van der Waals surface area contributed by atoms with Crippen LogP contribution in [0.25, 0.3) is 0 Å². The first-order valence-electron chi connectivity index (χ1n) is 5.16. The molecule has 0 atom stereocenters. The number of amides is 2. The van der Waals surface area contributed by atoms with E-state index in [2.05, 4.69) is 10.6 Å².